The third-order valence-electron chi connectivity index (χ3n) is 4.63. The molecule has 168 valence electrons. The van der Waals surface area contributed by atoms with Gasteiger partial charge in [0.1, 0.15) is 5.03 Å². The molecule has 0 atom stereocenters. The van der Waals surface area contributed by atoms with Crippen molar-refractivity contribution < 1.29 is 0 Å². The summed E-state index contributed by atoms with van der Waals surface area (Å²) in [5.41, 5.74) is 3.84. The molecule has 33 heavy (non-hydrogen) atoms. The Balaban J connectivity index is 1.53. The molecular weight excluding hydrogens is 664 g/mol. The van der Waals surface area contributed by atoms with E-state index in [0.29, 0.717) is 0 Å². The van der Waals surface area contributed by atoms with Gasteiger partial charge in [-0.25, -0.2) is 0 Å². The van der Waals surface area contributed by atoms with Crippen LogP contribution in [0.1, 0.15) is 16.7 Å². The first kappa shape index (κ1) is 25.3. The van der Waals surface area contributed by atoms with Gasteiger partial charge in [0, 0.05) is 35.6 Å². The van der Waals surface area contributed by atoms with E-state index in [2.05, 4.69) is 131 Å². The number of thioether (sulfide) groups is 3. The first-order valence-corrected chi connectivity index (χ1v) is 15.4. The van der Waals surface area contributed by atoms with Crippen LogP contribution in [0.15, 0.2) is 107 Å². The summed E-state index contributed by atoms with van der Waals surface area (Å²) in [6.07, 6.45) is 1.90. The number of benzene rings is 3. The molecule has 0 saturated heterocycles. The maximum Gasteiger partial charge on any atom is 0.134 e. The van der Waals surface area contributed by atoms with Gasteiger partial charge >= 0.3 is 0 Å². The molecule has 4 rings (SSSR count). The largest absolute Gasteiger partial charge is 0.157 e. The highest BCUT2D eigenvalue weighted by Crippen LogP contribution is 2.40. The van der Waals surface area contributed by atoms with Crippen LogP contribution in [0.4, 0.5) is 0 Å². The zero-order chi connectivity index (χ0) is 23.0. The Hall–Kier alpha value is -0.770. The molecule has 1 heterocycles. The lowest BCUT2D eigenvalue weighted by atomic mass is 10.2. The number of hydrogen-bond donors (Lipinski definition) is 0. The second kappa shape index (κ2) is 12.8. The van der Waals surface area contributed by atoms with Crippen molar-refractivity contribution >= 4 is 83.1 Å². The number of nitrogens with zero attached hydrogens (tertiary/aromatic N) is 2. The molecule has 0 spiro atoms. The summed E-state index contributed by atoms with van der Waals surface area (Å²) < 4.78 is 3.28. The predicted molar refractivity (Wildman–Crippen MR) is 153 cm³/mol. The molecule has 4 aromatic rings. The Morgan fingerprint density at radius 1 is 0.545 bits per heavy atom. The van der Waals surface area contributed by atoms with Crippen LogP contribution in [0.25, 0.3) is 0 Å². The van der Waals surface area contributed by atoms with Gasteiger partial charge in [-0.3, -0.25) is 0 Å². The van der Waals surface area contributed by atoms with Crippen LogP contribution in [-0.2, 0) is 17.3 Å². The molecule has 0 saturated carbocycles. The van der Waals surface area contributed by atoms with Crippen molar-refractivity contribution in [1.29, 1.82) is 0 Å². The predicted octanol–water partition coefficient (Wildman–Crippen LogP) is 9.64. The highest BCUT2D eigenvalue weighted by Gasteiger charge is 2.14. The standard InChI is InChI=1S/C25H19Br3N2S3/c26-20-7-1-17(2-8-20)14-31-23-13-29-30-25(33-16-19-5-11-22(28)12-6-19)24(23)32-15-18-3-9-21(27)10-4-18/h1-13H,14-16H2. The molecule has 0 aliphatic heterocycles. The molecule has 0 bridgehead atoms. The van der Waals surface area contributed by atoms with Crippen LogP contribution in [0.3, 0.4) is 0 Å². The number of aromatic nitrogens is 2. The molecular formula is C25H19Br3N2S3. The van der Waals surface area contributed by atoms with Gasteiger partial charge in [-0.2, -0.15) is 5.10 Å². The fourth-order valence-corrected chi connectivity index (χ4v) is 7.02. The quantitative estimate of drug-likeness (QED) is 0.164. The van der Waals surface area contributed by atoms with E-state index in [0.717, 1.165) is 35.7 Å². The second-order valence-electron chi connectivity index (χ2n) is 7.09. The number of rotatable bonds is 9. The normalized spacial score (nSPS) is 11.0. The smallest absolute Gasteiger partial charge is 0.134 e. The van der Waals surface area contributed by atoms with Gasteiger partial charge in [0.15, 0.2) is 0 Å². The van der Waals surface area contributed by atoms with Crippen molar-refractivity contribution in [2.24, 2.45) is 0 Å². The molecule has 0 aliphatic rings. The SMILES string of the molecule is Brc1ccc(CSc2cnnc(SCc3ccc(Br)cc3)c2SCc2ccc(Br)cc2)cc1. The van der Waals surface area contributed by atoms with Crippen molar-refractivity contribution in [3.8, 4) is 0 Å². The fourth-order valence-electron chi connectivity index (χ4n) is 2.88. The van der Waals surface area contributed by atoms with Gasteiger partial charge in [0.05, 0.1) is 11.1 Å². The first-order chi connectivity index (χ1) is 16.1. The van der Waals surface area contributed by atoms with Crippen LogP contribution >= 0.6 is 83.1 Å². The molecule has 0 unspecified atom stereocenters. The summed E-state index contributed by atoms with van der Waals surface area (Å²) in [6.45, 7) is 0. The average molecular weight is 683 g/mol. The Bertz CT molecular complexity index is 1120. The van der Waals surface area contributed by atoms with Gasteiger partial charge in [0.25, 0.3) is 0 Å². The third-order valence-corrected chi connectivity index (χ3v) is 9.79. The van der Waals surface area contributed by atoms with Crippen molar-refractivity contribution in [3.05, 3.63) is 109 Å². The maximum absolute atomic E-state index is 4.52. The summed E-state index contributed by atoms with van der Waals surface area (Å²) in [6, 6.07) is 25.4. The van der Waals surface area contributed by atoms with Gasteiger partial charge in [-0.1, -0.05) is 95.9 Å². The van der Waals surface area contributed by atoms with Crippen LogP contribution in [0.5, 0.6) is 0 Å². The summed E-state index contributed by atoms with van der Waals surface area (Å²) in [5.74, 6) is 2.63. The van der Waals surface area contributed by atoms with Crippen LogP contribution in [0.2, 0.25) is 0 Å². The Morgan fingerprint density at radius 3 is 1.45 bits per heavy atom. The highest BCUT2D eigenvalue weighted by molar-refractivity contribution is 9.11. The summed E-state index contributed by atoms with van der Waals surface area (Å²) in [7, 11) is 0. The lowest BCUT2D eigenvalue weighted by Gasteiger charge is -2.13. The molecule has 0 amide bonds. The lowest BCUT2D eigenvalue weighted by Crippen LogP contribution is -1.94. The minimum Gasteiger partial charge on any atom is -0.157 e. The Morgan fingerprint density at radius 2 is 0.970 bits per heavy atom. The van der Waals surface area contributed by atoms with Crippen molar-refractivity contribution in [3.63, 3.8) is 0 Å². The Kier molecular flexibility index (Phi) is 9.82. The van der Waals surface area contributed by atoms with Gasteiger partial charge in [-0.15, -0.1) is 28.6 Å². The molecule has 8 heteroatoms. The van der Waals surface area contributed by atoms with E-state index >= 15 is 0 Å². The lowest BCUT2D eigenvalue weighted by molar-refractivity contribution is 0.831. The highest BCUT2D eigenvalue weighted by atomic mass is 79.9. The molecule has 0 fully saturated rings. The minimum absolute atomic E-state index is 0.856. The van der Waals surface area contributed by atoms with Crippen molar-refractivity contribution in [2.45, 2.75) is 32.1 Å². The average Bonchev–Trinajstić information content (AvgIpc) is 2.83. The second-order valence-corrected chi connectivity index (χ2v) is 12.8. The van der Waals surface area contributed by atoms with Crippen LogP contribution < -0.4 is 0 Å². The molecule has 3 aromatic carbocycles. The fraction of sp³-hybridized carbons (Fsp3) is 0.120. The third kappa shape index (κ3) is 7.87. The monoisotopic (exact) mass is 680 g/mol. The van der Waals surface area contributed by atoms with E-state index < -0.39 is 0 Å². The van der Waals surface area contributed by atoms with E-state index in [-0.39, 0.29) is 0 Å². The number of halogens is 3. The van der Waals surface area contributed by atoms with Gasteiger partial charge in [-0.05, 0) is 53.1 Å². The van der Waals surface area contributed by atoms with E-state index in [4.69, 9.17) is 0 Å². The molecule has 0 aliphatic carbocycles. The summed E-state index contributed by atoms with van der Waals surface area (Å²) in [5, 5.41) is 9.85. The van der Waals surface area contributed by atoms with Crippen LogP contribution in [-0.4, -0.2) is 10.2 Å². The molecule has 0 radical (unpaired) electrons. The number of hydrogen-bond acceptors (Lipinski definition) is 5. The topological polar surface area (TPSA) is 25.8 Å². The molecule has 0 N–H and O–H groups in total. The van der Waals surface area contributed by atoms with E-state index in [9.17, 15) is 0 Å². The van der Waals surface area contributed by atoms with Gasteiger partial charge in [0.2, 0.25) is 0 Å². The van der Waals surface area contributed by atoms with E-state index in [1.807, 2.05) is 29.7 Å². The summed E-state index contributed by atoms with van der Waals surface area (Å²) >= 11 is 15.9. The van der Waals surface area contributed by atoms with E-state index in [1.54, 1.807) is 11.8 Å². The van der Waals surface area contributed by atoms with Crippen molar-refractivity contribution in [2.75, 3.05) is 0 Å². The minimum atomic E-state index is 0.856. The van der Waals surface area contributed by atoms with E-state index in [1.165, 1.54) is 26.5 Å². The Labute approximate surface area is 232 Å². The molecule has 2 nitrogen and oxygen atoms in total. The zero-order valence-corrected chi connectivity index (χ0v) is 24.6. The van der Waals surface area contributed by atoms with Crippen LogP contribution in [0, 0.1) is 0 Å². The summed E-state index contributed by atoms with van der Waals surface area (Å²) in [4.78, 5) is 2.38. The molecule has 1 aromatic heterocycles. The first-order valence-electron chi connectivity index (χ1n) is 10.0. The zero-order valence-electron chi connectivity index (χ0n) is 17.4. The van der Waals surface area contributed by atoms with Gasteiger partial charge < -0.3 is 0 Å². The van der Waals surface area contributed by atoms with Crippen molar-refractivity contribution in [1.82, 2.24) is 10.2 Å². The maximum atomic E-state index is 4.52.